The van der Waals surface area contributed by atoms with Crippen LogP contribution in [-0.4, -0.2) is 11.1 Å². The monoisotopic (exact) mass is 164 g/mol. The third kappa shape index (κ3) is 1.32. The molecular formula is C7H4N2O3. The summed E-state index contributed by atoms with van der Waals surface area (Å²) in [6, 6.07) is 4.09. The van der Waals surface area contributed by atoms with E-state index in [2.05, 4.69) is 0 Å². The molecule has 1 aromatic rings. The summed E-state index contributed by atoms with van der Waals surface area (Å²) >= 11 is 0. The molecule has 12 heavy (non-hydrogen) atoms. The lowest BCUT2D eigenvalue weighted by molar-refractivity contribution is -0.608. The fourth-order valence-electron chi connectivity index (χ4n) is 0.713. The Hall–Kier alpha value is -2.09. The Labute approximate surface area is 67.7 Å². The van der Waals surface area contributed by atoms with Crippen LogP contribution in [0, 0.1) is 16.5 Å². The zero-order valence-corrected chi connectivity index (χ0v) is 5.89. The van der Waals surface area contributed by atoms with E-state index in [4.69, 9.17) is 10.4 Å². The van der Waals surface area contributed by atoms with Crippen LogP contribution in [0.4, 0.5) is 0 Å². The Morgan fingerprint density at radius 3 is 2.75 bits per heavy atom. The van der Waals surface area contributed by atoms with E-state index >= 15 is 0 Å². The van der Waals surface area contributed by atoms with Gasteiger partial charge in [0.15, 0.2) is 6.20 Å². The van der Waals surface area contributed by atoms with Gasteiger partial charge in [0.1, 0.15) is 11.6 Å². The maximum Gasteiger partial charge on any atom is 0.402 e. The summed E-state index contributed by atoms with van der Waals surface area (Å²) in [5.74, 6) is -1.31. The summed E-state index contributed by atoms with van der Waals surface area (Å²) in [5.41, 5.74) is -0.260. The first-order chi connectivity index (χ1) is 5.65. The van der Waals surface area contributed by atoms with Crippen LogP contribution in [0.3, 0.4) is 0 Å². The maximum atomic E-state index is 10.8. The van der Waals surface area contributed by atoms with Gasteiger partial charge in [0.05, 0.1) is 0 Å². The van der Waals surface area contributed by atoms with Gasteiger partial charge < -0.3 is 10.3 Å². The number of pyridine rings is 1. The maximum absolute atomic E-state index is 10.8. The lowest BCUT2D eigenvalue weighted by Gasteiger charge is -1.98. The summed E-state index contributed by atoms with van der Waals surface area (Å²) < 4.78 is 0.154. The van der Waals surface area contributed by atoms with Crippen LogP contribution in [-0.2, 0) is 0 Å². The summed E-state index contributed by atoms with van der Waals surface area (Å²) in [6.07, 6.45) is 0.920. The molecule has 5 heteroatoms. The molecule has 0 unspecified atom stereocenters. The molecule has 0 saturated heterocycles. The SMILES string of the molecule is N#Cc1ccc(C(=O)O)[n+]([O-])c1. The summed E-state index contributed by atoms with van der Waals surface area (Å²) in [7, 11) is 0. The molecule has 0 bridgehead atoms. The van der Waals surface area contributed by atoms with Gasteiger partial charge in [-0.1, -0.05) is 0 Å². The Morgan fingerprint density at radius 1 is 1.67 bits per heavy atom. The van der Waals surface area contributed by atoms with Crippen LogP contribution < -0.4 is 4.73 Å². The molecule has 1 aromatic heterocycles. The van der Waals surface area contributed by atoms with E-state index in [-0.39, 0.29) is 10.3 Å². The van der Waals surface area contributed by atoms with Crippen LogP contribution in [0.2, 0.25) is 0 Å². The lowest BCUT2D eigenvalue weighted by Crippen LogP contribution is -2.34. The zero-order valence-electron chi connectivity index (χ0n) is 5.89. The molecule has 0 saturated carbocycles. The fourth-order valence-corrected chi connectivity index (χ4v) is 0.713. The first kappa shape index (κ1) is 8.01. The summed E-state index contributed by atoms with van der Waals surface area (Å²) in [4.78, 5) is 10.3. The number of hydrogen-bond donors (Lipinski definition) is 1. The molecule has 1 rings (SSSR count). The van der Waals surface area contributed by atoms with Crippen molar-refractivity contribution in [2.75, 3.05) is 0 Å². The van der Waals surface area contributed by atoms with E-state index in [0.717, 1.165) is 12.3 Å². The zero-order chi connectivity index (χ0) is 9.14. The van der Waals surface area contributed by atoms with Crippen LogP contribution in [0.25, 0.3) is 0 Å². The van der Waals surface area contributed by atoms with E-state index < -0.39 is 11.7 Å². The molecule has 0 spiro atoms. The molecule has 0 atom stereocenters. The number of rotatable bonds is 1. The van der Waals surface area contributed by atoms with E-state index in [1.54, 1.807) is 6.07 Å². The molecule has 5 nitrogen and oxygen atoms in total. The predicted octanol–water partition coefficient (Wildman–Crippen LogP) is -0.110. The molecule has 1 heterocycles. The molecule has 1 N–H and O–H groups in total. The van der Waals surface area contributed by atoms with Crippen LogP contribution in [0.5, 0.6) is 0 Å². The van der Waals surface area contributed by atoms with Gasteiger partial charge >= 0.3 is 11.7 Å². The molecule has 0 amide bonds. The van der Waals surface area contributed by atoms with Crippen molar-refractivity contribution in [1.29, 1.82) is 5.26 Å². The topological polar surface area (TPSA) is 88.0 Å². The number of nitriles is 1. The normalized spacial score (nSPS) is 8.92. The molecule has 0 radical (unpaired) electrons. The van der Waals surface area contributed by atoms with Crippen LogP contribution in [0.1, 0.15) is 16.1 Å². The quantitative estimate of drug-likeness (QED) is 0.463. The van der Waals surface area contributed by atoms with E-state index in [1.165, 1.54) is 6.07 Å². The highest BCUT2D eigenvalue weighted by Crippen LogP contribution is 1.95. The van der Waals surface area contributed by atoms with Crippen LogP contribution in [0.15, 0.2) is 18.3 Å². The fraction of sp³-hybridized carbons (Fsp3) is 0. The van der Waals surface area contributed by atoms with Crippen molar-refractivity contribution in [2.24, 2.45) is 0 Å². The van der Waals surface area contributed by atoms with Gasteiger partial charge in [0, 0.05) is 6.07 Å². The predicted molar refractivity (Wildman–Crippen MR) is 37.1 cm³/mol. The number of carboxylic acid groups (broad SMARTS) is 1. The summed E-state index contributed by atoms with van der Waals surface area (Å²) in [5, 5.41) is 27.6. The Morgan fingerprint density at radius 2 is 2.33 bits per heavy atom. The first-order valence-corrected chi connectivity index (χ1v) is 3.02. The number of aromatic nitrogens is 1. The number of nitrogens with zero attached hydrogens (tertiary/aromatic N) is 2. The number of aromatic carboxylic acids is 1. The van der Waals surface area contributed by atoms with Gasteiger partial charge in [-0.2, -0.15) is 9.99 Å². The largest absolute Gasteiger partial charge is 0.618 e. The smallest absolute Gasteiger partial charge is 0.402 e. The van der Waals surface area contributed by atoms with Crippen molar-refractivity contribution in [1.82, 2.24) is 0 Å². The van der Waals surface area contributed by atoms with Crippen LogP contribution >= 0.6 is 0 Å². The highest BCUT2D eigenvalue weighted by Gasteiger charge is 2.13. The molecule has 0 aromatic carbocycles. The average molecular weight is 164 g/mol. The van der Waals surface area contributed by atoms with Gasteiger partial charge in [-0.15, -0.1) is 0 Å². The van der Waals surface area contributed by atoms with Gasteiger partial charge in [0.25, 0.3) is 0 Å². The summed E-state index contributed by atoms with van der Waals surface area (Å²) in [6.45, 7) is 0. The van der Waals surface area contributed by atoms with Crippen molar-refractivity contribution in [2.45, 2.75) is 0 Å². The average Bonchev–Trinajstić information content (AvgIpc) is 2.03. The van der Waals surface area contributed by atoms with E-state index in [9.17, 15) is 10.0 Å². The molecule has 0 fully saturated rings. The minimum atomic E-state index is -1.31. The highest BCUT2D eigenvalue weighted by molar-refractivity contribution is 5.83. The third-order valence-electron chi connectivity index (χ3n) is 1.26. The molecule has 0 aliphatic heterocycles. The molecule has 0 aliphatic rings. The van der Waals surface area contributed by atoms with E-state index in [0.29, 0.717) is 0 Å². The Kier molecular flexibility index (Phi) is 1.92. The second kappa shape index (κ2) is 2.88. The second-order valence-corrected chi connectivity index (χ2v) is 2.05. The standard InChI is InChI=1S/C7H4N2O3/c8-3-5-1-2-6(7(10)11)9(12)4-5/h1-2,4H,(H,10,11). The van der Waals surface area contributed by atoms with Gasteiger partial charge in [-0.25, -0.2) is 4.79 Å². The number of hydrogen-bond acceptors (Lipinski definition) is 3. The Balaban J connectivity index is 3.23. The first-order valence-electron chi connectivity index (χ1n) is 3.02. The molecule has 60 valence electrons. The van der Waals surface area contributed by atoms with Gasteiger partial charge in [-0.05, 0) is 6.07 Å². The molecule has 0 aliphatic carbocycles. The second-order valence-electron chi connectivity index (χ2n) is 2.05. The van der Waals surface area contributed by atoms with Crippen molar-refractivity contribution < 1.29 is 14.6 Å². The molecular weight excluding hydrogens is 160 g/mol. The van der Waals surface area contributed by atoms with Crippen molar-refractivity contribution >= 4 is 5.97 Å². The highest BCUT2D eigenvalue weighted by atomic mass is 16.5. The van der Waals surface area contributed by atoms with Crippen molar-refractivity contribution in [3.63, 3.8) is 0 Å². The van der Waals surface area contributed by atoms with E-state index in [1.807, 2.05) is 0 Å². The van der Waals surface area contributed by atoms with Gasteiger partial charge in [-0.3, -0.25) is 0 Å². The number of carbonyl (C=O) groups is 1. The number of carboxylic acids is 1. The third-order valence-corrected chi connectivity index (χ3v) is 1.26. The van der Waals surface area contributed by atoms with Crippen molar-refractivity contribution in [3.05, 3.63) is 34.8 Å². The minimum Gasteiger partial charge on any atom is -0.618 e. The van der Waals surface area contributed by atoms with Gasteiger partial charge in [0.2, 0.25) is 0 Å². The lowest BCUT2D eigenvalue weighted by atomic mass is 10.3. The minimum absolute atomic E-state index is 0.134. The Bertz CT molecular complexity index is 367. The van der Waals surface area contributed by atoms with Crippen molar-refractivity contribution in [3.8, 4) is 6.07 Å².